The van der Waals surface area contributed by atoms with E-state index in [1.165, 1.54) is 12.1 Å². The van der Waals surface area contributed by atoms with Gasteiger partial charge in [-0.05, 0) is 80.4 Å². The van der Waals surface area contributed by atoms with Gasteiger partial charge in [-0.1, -0.05) is 17.7 Å². The lowest BCUT2D eigenvalue weighted by Crippen LogP contribution is -2.06. The smallest absolute Gasteiger partial charge is 0.176 e. The normalized spacial score (nSPS) is 11.8. The maximum Gasteiger partial charge on any atom is 0.176 e. The second kappa shape index (κ2) is 10.1. The number of rotatable bonds is 6. The zero-order valence-corrected chi connectivity index (χ0v) is 23.3. The molecule has 10 heteroatoms. The molecule has 39 heavy (non-hydrogen) atoms. The van der Waals surface area contributed by atoms with Crippen molar-refractivity contribution in [3.63, 3.8) is 0 Å². The number of aromatic nitrogens is 4. The summed E-state index contributed by atoms with van der Waals surface area (Å²) in [6.45, 7) is 4.99. The molecule has 0 radical (unpaired) electrons. The van der Waals surface area contributed by atoms with Gasteiger partial charge in [0.05, 0.1) is 28.6 Å². The van der Waals surface area contributed by atoms with E-state index in [1.807, 2.05) is 66.6 Å². The molecular formula is C29H26ClFN4O3S. The maximum atomic E-state index is 15.0. The van der Waals surface area contributed by atoms with E-state index in [-0.39, 0.29) is 10.5 Å². The zero-order valence-electron chi connectivity index (χ0n) is 21.8. The number of aryl methyl sites for hydroxylation is 3. The highest BCUT2D eigenvalue weighted by molar-refractivity contribution is 7.90. The number of aliphatic hydroxyl groups is 1. The van der Waals surface area contributed by atoms with E-state index in [0.29, 0.717) is 22.0 Å². The van der Waals surface area contributed by atoms with E-state index in [9.17, 15) is 13.5 Å². The molecule has 3 aromatic carbocycles. The average Bonchev–Trinajstić information content (AvgIpc) is 3.43. The number of nitrogens with zero attached hydrogens (tertiary/aromatic N) is 4. The lowest BCUT2D eigenvalue weighted by atomic mass is 9.99. The summed E-state index contributed by atoms with van der Waals surface area (Å²) in [7, 11) is -3.80. The predicted molar refractivity (Wildman–Crippen MR) is 150 cm³/mol. The van der Waals surface area contributed by atoms with Gasteiger partial charge in [0.1, 0.15) is 17.5 Å². The van der Waals surface area contributed by atoms with Gasteiger partial charge >= 0.3 is 0 Å². The summed E-state index contributed by atoms with van der Waals surface area (Å²) in [6.07, 6.45) is 4.83. The summed E-state index contributed by atoms with van der Waals surface area (Å²) >= 11 is 6.13. The van der Waals surface area contributed by atoms with Crippen molar-refractivity contribution in [2.24, 2.45) is 0 Å². The molecule has 200 valence electrons. The Bertz CT molecular complexity index is 1830. The molecule has 0 aliphatic rings. The standard InChI is InChI=1S/C29H26ClFN4O3S/c1-17-14-34(19(3)32-17)27-10-5-20(21-12-26(31)25(16-36)28(13-21)39(4,37)38)11-24(27)29-33-18(2)15-35(29)23-8-6-22(30)7-9-23/h5-15,36H,16H2,1-4H3. The molecule has 0 fully saturated rings. The van der Waals surface area contributed by atoms with E-state index < -0.39 is 22.3 Å². The van der Waals surface area contributed by atoms with Crippen LogP contribution in [-0.4, -0.2) is 38.9 Å². The molecule has 5 aromatic rings. The fourth-order valence-corrected chi connectivity index (χ4v) is 5.79. The molecule has 0 amide bonds. The summed E-state index contributed by atoms with van der Waals surface area (Å²) in [5, 5.41) is 10.2. The van der Waals surface area contributed by atoms with Crippen LogP contribution in [-0.2, 0) is 16.4 Å². The van der Waals surface area contributed by atoms with Gasteiger partial charge < -0.3 is 9.67 Å². The Morgan fingerprint density at radius 3 is 2.18 bits per heavy atom. The highest BCUT2D eigenvalue weighted by Crippen LogP contribution is 2.35. The van der Waals surface area contributed by atoms with Crippen LogP contribution in [0.2, 0.25) is 5.02 Å². The summed E-state index contributed by atoms with van der Waals surface area (Å²) in [5.74, 6) is 0.620. The number of hydrogen-bond donors (Lipinski definition) is 1. The van der Waals surface area contributed by atoms with Crippen molar-refractivity contribution in [2.45, 2.75) is 32.3 Å². The molecule has 7 nitrogen and oxygen atoms in total. The maximum absolute atomic E-state index is 15.0. The van der Waals surface area contributed by atoms with Crippen LogP contribution in [0.4, 0.5) is 4.39 Å². The molecule has 0 aliphatic heterocycles. The van der Waals surface area contributed by atoms with Gasteiger partial charge in [0.2, 0.25) is 0 Å². The van der Waals surface area contributed by atoms with Crippen molar-refractivity contribution in [3.05, 3.63) is 101 Å². The first-order valence-electron chi connectivity index (χ1n) is 12.1. The summed E-state index contributed by atoms with van der Waals surface area (Å²) in [4.78, 5) is 9.14. The Balaban J connectivity index is 1.79. The SMILES string of the molecule is Cc1cn(-c2ccc(-c3cc(F)c(CO)c(S(C)(=O)=O)c3)cc2-c2nc(C)cn2-c2ccc(Cl)cc2)c(C)n1. The van der Waals surface area contributed by atoms with Crippen molar-refractivity contribution >= 4 is 21.4 Å². The molecule has 5 rings (SSSR count). The minimum absolute atomic E-state index is 0.245. The summed E-state index contributed by atoms with van der Waals surface area (Å²) < 4.78 is 43.8. The third kappa shape index (κ3) is 5.13. The minimum Gasteiger partial charge on any atom is -0.392 e. The molecule has 0 unspecified atom stereocenters. The second-order valence-electron chi connectivity index (χ2n) is 9.45. The number of benzene rings is 3. The molecular weight excluding hydrogens is 539 g/mol. The van der Waals surface area contributed by atoms with E-state index >= 15 is 4.39 Å². The quantitative estimate of drug-likeness (QED) is 0.273. The van der Waals surface area contributed by atoms with E-state index in [1.54, 1.807) is 18.2 Å². The number of hydrogen-bond acceptors (Lipinski definition) is 5. The van der Waals surface area contributed by atoms with Crippen molar-refractivity contribution in [2.75, 3.05) is 6.26 Å². The first kappa shape index (κ1) is 26.8. The molecule has 0 atom stereocenters. The summed E-state index contributed by atoms with van der Waals surface area (Å²) in [5.41, 5.74) is 4.69. The highest BCUT2D eigenvalue weighted by Gasteiger charge is 2.21. The fraction of sp³-hybridized carbons (Fsp3) is 0.172. The second-order valence-corrected chi connectivity index (χ2v) is 11.9. The molecule has 2 aromatic heterocycles. The number of halogens is 2. The van der Waals surface area contributed by atoms with Crippen molar-refractivity contribution in [1.29, 1.82) is 0 Å². The Labute approximate surface area is 231 Å². The molecule has 0 spiro atoms. The lowest BCUT2D eigenvalue weighted by molar-refractivity contribution is 0.272. The van der Waals surface area contributed by atoms with Crippen molar-refractivity contribution in [3.8, 4) is 33.9 Å². The summed E-state index contributed by atoms with van der Waals surface area (Å²) in [6, 6.07) is 15.6. The van der Waals surface area contributed by atoms with Gasteiger partial charge in [0, 0.05) is 40.5 Å². The molecule has 2 heterocycles. The van der Waals surface area contributed by atoms with Crippen LogP contribution in [0.3, 0.4) is 0 Å². The van der Waals surface area contributed by atoms with Crippen LogP contribution in [0.25, 0.3) is 33.9 Å². The topological polar surface area (TPSA) is 90.0 Å². The monoisotopic (exact) mass is 564 g/mol. The van der Waals surface area contributed by atoms with Gasteiger partial charge in [-0.25, -0.2) is 22.8 Å². The largest absolute Gasteiger partial charge is 0.392 e. The van der Waals surface area contributed by atoms with E-state index in [0.717, 1.165) is 40.4 Å². The highest BCUT2D eigenvalue weighted by atomic mass is 35.5. The van der Waals surface area contributed by atoms with E-state index in [2.05, 4.69) is 4.98 Å². The predicted octanol–water partition coefficient (Wildman–Crippen LogP) is 6.01. The zero-order chi connectivity index (χ0) is 28.1. The first-order valence-corrected chi connectivity index (χ1v) is 14.4. The first-order chi connectivity index (χ1) is 18.5. The average molecular weight is 565 g/mol. The molecule has 0 aliphatic carbocycles. The Morgan fingerprint density at radius 1 is 0.897 bits per heavy atom. The fourth-order valence-electron chi connectivity index (χ4n) is 4.72. The Kier molecular flexibility index (Phi) is 6.92. The third-order valence-corrected chi connectivity index (χ3v) is 7.89. The van der Waals surface area contributed by atoms with Gasteiger partial charge in [-0.15, -0.1) is 0 Å². The lowest BCUT2D eigenvalue weighted by Gasteiger charge is -2.16. The minimum atomic E-state index is -3.80. The Morgan fingerprint density at radius 2 is 1.56 bits per heavy atom. The molecule has 0 saturated carbocycles. The van der Waals surface area contributed by atoms with Crippen LogP contribution in [0.5, 0.6) is 0 Å². The van der Waals surface area contributed by atoms with Crippen LogP contribution in [0, 0.1) is 26.6 Å². The number of sulfone groups is 1. The van der Waals surface area contributed by atoms with Crippen LogP contribution < -0.4 is 0 Å². The molecule has 0 saturated heterocycles. The van der Waals surface area contributed by atoms with Crippen LogP contribution >= 0.6 is 11.6 Å². The van der Waals surface area contributed by atoms with Crippen LogP contribution in [0.15, 0.2) is 71.9 Å². The molecule has 0 bridgehead atoms. The molecule has 1 N–H and O–H groups in total. The van der Waals surface area contributed by atoms with Gasteiger partial charge in [-0.2, -0.15) is 0 Å². The van der Waals surface area contributed by atoms with Crippen LogP contribution in [0.1, 0.15) is 22.8 Å². The van der Waals surface area contributed by atoms with Crippen molar-refractivity contribution < 1.29 is 17.9 Å². The van der Waals surface area contributed by atoms with Crippen molar-refractivity contribution in [1.82, 2.24) is 19.1 Å². The number of aliphatic hydroxyl groups excluding tert-OH is 1. The Hall–Kier alpha value is -3.79. The van der Waals surface area contributed by atoms with E-state index in [4.69, 9.17) is 16.6 Å². The third-order valence-electron chi connectivity index (χ3n) is 6.48. The van der Waals surface area contributed by atoms with Gasteiger partial charge in [0.15, 0.2) is 9.84 Å². The van der Waals surface area contributed by atoms with Gasteiger partial charge in [-0.3, -0.25) is 4.57 Å². The van der Waals surface area contributed by atoms with Gasteiger partial charge in [0.25, 0.3) is 0 Å². The number of imidazole rings is 2.